The number of anilines is 1. The number of benzene rings is 1. The van der Waals surface area contributed by atoms with Crippen molar-refractivity contribution in [1.29, 1.82) is 0 Å². The van der Waals surface area contributed by atoms with Crippen LogP contribution in [-0.4, -0.2) is 19.2 Å². The summed E-state index contributed by atoms with van der Waals surface area (Å²) in [4.78, 5) is 11.5. The van der Waals surface area contributed by atoms with Gasteiger partial charge in [0.1, 0.15) is 0 Å². The third-order valence-corrected chi connectivity index (χ3v) is 2.06. The molecule has 0 spiro atoms. The van der Waals surface area contributed by atoms with E-state index in [9.17, 15) is 9.18 Å². The lowest BCUT2D eigenvalue weighted by molar-refractivity contribution is 0.0527. The van der Waals surface area contributed by atoms with E-state index in [1.165, 1.54) is 6.07 Å². The molecule has 5 heteroatoms. The molecule has 0 aromatic heterocycles. The first kappa shape index (κ1) is 13.3. The van der Waals surface area contributed by atoms with E-state index in [4.69, 9.17) is 15.2 Å². The largest absolute Gasteiger partial charge is 0.491 e. The SMILES string of the molecule is CCCOc1cc(C(=O)OCC)c(N)cc1F. The third kappa shape index (κ3) is 3.34. The Morgan fingerprint density at radius 2 is 2.12 bits per heavy atom. The van der Waals surface area contributed by atoms with Crippen molar-refractivity contribution in [2.24, 2.45) is 0 Å². The van der Waals surface area contributed by atoms with Gasteiger partial charge in [-0.2, -0.15) is 0 Å². The van der Waals surface area contributed by atoms with Gasteiger partial charge in [-0.05, 0) is 19.4 Å². The number of nitrogen functional groups attached to an aromatic ring is 1. The second-order valence-electron chi connectivity index (χ2n) is 3.44. The molecule has 0 unspecified atom stereocenters. The highest BCUT2D eigenvalue weighted by Crippen LogP contribution is 2.25. The maximum atomic E-state index is 13.4. The number of carbonyl (C=O) groups is 1. The van der Waals surface area contributed by atoms with Crippen molar-refractivity contribution in [1.82, 2.24) is 0 Å². The predicted octanol–water partition coefficient (Wildman–Crippen LogP) is 2.37. The Balaban J connectivity index is 3.01. The Bertz CT molecular complexity index is 407. The van der Waals surface area contributed by atoms with Crippen LogP contribution in [0.5, 0.6) is 5.75 Å². The number of nitrogens with two attached hydrogens (primary N) is 1. The van der Waals surface area contributed by atoms with Gasteiger partial charge in [0.15, 0.2) is 11.6 Å². The molecular formula is C12H16FNO3. The van der Waals surface area contributed by atoms with E-state index in [2.05, 4.69) is 0 Å². The summed E-state index contributed by atoms with van der Waals surface area (Å²) < 4.78 is 23.4. The smallest absolute Gasteiger partial charge is 0.340 e. The molecule has 4 nitrogen and oxygen atoms in total. The van der Waals surface area contributed by atoms with Crippen molar-refractivity contribution in [3.63, 3.8) is 0 Å². The summed E-state index contributed by atoms with van der Waals surface area (Å²) in [5, 5.41) is 0. The minimum absolute atomic E-state index is 0.0177. The van der Waals surface area contributed by atoms with Gasteiger partial charge in [0.25, 0.3) is 0 Å². The Morgan fingerprint density at radius 1 is 1.41 bits per heavy atom. The van der Waals surface area contributed by atoms with Gasteiger partial charge in [0, 0.05) is 11.8 Å². The van der Waals surface area contributed by atoms with Crippen LogP contribution in [0.25, 0.3) is 0 Å². The molecule has 0 atom stereocenters. The molecule has 0 aliphatic carbocycles. The molecule has 0 radical (unpaired) electrons. The molecule has 0 saturated carbocycles. The number of ether oxygens (including phenoxy) is 2. The lowest BCUT2D eigenvalue weighted by atomic mass is 10.1. The number of halogens is 1. The first-order valence-electron chi connectivity index (χ1n) is 5.49. The fraction of sp³-hybridized carbons (Fsp3) is 0.417. The fourth-order valence-electron chi connectivity index (χ4n) is 1.28. The van der Waals surface area contributed by atoms with Crippen LogP contribution >= 0.6 is 0 Å². The molecule has 1 aromatic rings. The Labute approximate surface area is 99.5 Å². The summed E-state index contributed by atoms with van der Waals surface area (Å²) in [5.74, 6) is -1.14. The average molecular weight is 241 g/mol. The first-order chi connectivity index (χ1) is 8.10. The van der Waals surface area contributed by atoms with E-state index < -0.39 is 11.8 Å². The summed E-state index contributed by atoms with van der Waals surface area (Å²) >= 11 is 0. The lowest BCUT2D eigenvalue weighted by Gasteiger charge is -2.10. The molecule has 0 saturated heterocycles. The van der Waals surface area contributed by atoms with E-state index in [1.54, 1.807) is 6.92 Å². The van der Waals surface area contributed by atoms with E-state index in [1.807, 2.05) is 6.92 Å². The quantitative estimate of drug-likeness (QED) is 0.635. The molecule has 0 fully saturated rings. The number of esters is 1. The Kier molecular flexibility index (Phi) is 4.75. The summed E-state index contributed by atoms with van der Waals surface area (Å²) in [6.07, 6.45) is 0.749. The first-order valence-corrected chi connectivity index (χ1v) is 5.49. The maximum absolute atomic E-state index is 13.4. The lowest BCUT2D eigenvalue weighted by Crippen LogP contribution is -2.09. The zero-order chi connectivity index (χ0) is 12.8. The van der Waals surface area contributed by atoms with Crippen LogP contribution in [0.15, 0.2) is 12.1 Å². The number of carbonyl (C=O) groups excluding carboxylic acids is 1. The molecule has 1 aromatic carbocycles. The van der Waals surface area contributed by atoms with Gasteiger partial charge in [-0.3, -0.25) is 0 Å². The molecular weight excluding hydrogens is 225 g/mol. The zero-order valence-corrected chi connectivity index (χ0v) is 9.96. The summed E-state index contributed by atoms with van der Waals surface area (Å²) in [6, 6.07) is 2.34. The van der Waals surface area contributed by atoms with Gasteiger partial charge >= 0.3 is 5.97 Å². The minimum Gasteiger partial charge on any atom is -0.491 e. The molecule has 17 heavy (non-hydrogen) atoms. The van der Waals surface area contributed by atoms with Gasteiger partial charge in [-0.15, -0.1) is 0 Å². The molecule has 0 bridgehead atoms. The molecule has 0 aliphatic heterocycles. The van der Waals surface area contributed by atoms with Crippen LogP contribution < -0.4 is 10.5 Å². The summed E-state index contributed by atoms with van der Waals surface area (Å²) in [5.41, 5.74) is 5.72. The van der Waals surface area contributed by atoms with Gasteiger partial charge in [0.2, 0.25) is 0 Å². The van der Waals surface area contributed by atoms with Crippen molar-refractivity contribution in [2.75, 3.05) is 18.9 Å². The highest BCUT2D eigenvalue weighted by Gasteiger charge is 2.15. The van der Waals surface area contributed by atoms with Crippen LogP contribution in [0, 0.1) is 5.82 Å². The van der Waals surface area contributed by atoms with Gasteiger partial charge in [-0.25, -0.2) is 9.18 Å². The van der Waals surface area contributed by atoms with Gasteiger partial charge < -0.3 is 15.2 Å². The van der Waals surface area contributed by atoms with E-state index in [0.717, 1.165) is 12.5 Å². The van der Waals surface area contributed by atoms with Crippen LogP contribution in [0.2, 0.25) is 0 Å². The molecule has 1 rings (SSSR count). The average Bonchev–Trinajstić information content (AvgIpc) is 2.28. The van der Waals surface area contributed by atoms with Crippen molar-refractivity contribution in [3.05, 3.63) is 23.5 Å². The van der Waals surface area contributed by atoms with Crippen LogP contribution in [0.3, 0.4) is 0 Å². The number of rotatable bonds is 5. The standard InChI is InChI=1S/C12H16FNO3/c1-3-5-17-11-6-8(12(15)16-4-2)10(14)7-9(11)13/h6-7H,3-5,14H2,1-2H3. The van der Waals surface area contributed by atoms with Crippen molar-refractivity contribution in [3.8, 4) is 5.75 Å². The third-order valence-electron chi connectivity index (χ3n) is 2.06. The number of hydrogen-bond donors (Lipinski definition) is 1. The van der Waals surface area contributed by atoms with Crippen molar-refractivity contribution < 1.29 is 18.7 Å². The van der Waals surface area contributed by atoms with E-state index in [0.29, 0.717) is 6.61 Å². The normalized spacial score (nSPS) is 10.1. The van der Waals surface area contributed by atoms with Gasteiger partial charge in [0.05, 0.1) is 18.8 Å². The Morgan fingerprint density at radius 3 is 2.71 bits per heavy atom. The molecule has 0 amide bonds. The second-order valence-corrected chi connectivity index (χ2v) is 3.44. The van der Waals surface area contributed by atoms with Crippen LogP contribution in [0.4, 0.5) is 10.1 Å². The molecule has 94 valence electrons. The topological polar surface area (TPSA) is 61.5 Å². The Hall–Kier alpha value is -1.78. The highest BCUT2D eigenvalue weighted by atomic mass is 19.1. The zero-order valence-electron chi connectivity index (χ0n) is 9.96. The van der Waals surface area contributed by atoms with Crippen LogP contribution in [0.1, 0.15) is 30.6 Å². The van der Waals surface area contributed by atoms with E-state index in [-0.39, 0.29) is 23.6 Å². The second kappa shape index (κ2) is 6.08. The van der Waals surface area contributed by atoms with E-state index >= 15 is 0 Å². The van der Waals surface area contributed by atoms with Crippen molar-refractivity contribution >= 4 is 11.7 Å². The molecule has 0 heterocycles. The fourth-order valence-corrected chi connectivity index (χ4v) is 1.28. The molecule has 2 N–H and O–H groups in total. The van der Waals surface area contributed by atoms with Gasteiger partial charge in [-0.1, -0.05) is 6.92 Å². The predicted molar refractivity (Wildman–Crippen MR) is 62.6 cm³/mol. The monoisotopic (exact) mass is 241 g/mol. The summed E-state index contributed by atoms with van der Waals surface area (Å²) in [6.45, 7) is 4.21. The highest BCUT2D eigenvalue weighted by molar-refractivity contribution is 5.95. The minimum atomic E-state index is -0.580. The van der Waals surface area contributed by atoms with Crippen molar-refractivity contribution in [2.45, 2.75) is 20.3 Å². The van der Waals surface area contributed by atoms with Crippen LogP contribution in [-0.2, 0) is 4.74 Å². The molecule has 0 aliphatic rings. The maximum Gasteiger partial charge on any atom is 0.340 e. The number of hydrogen-bond acceptors (Lipinski definition) is 4. The summed E-state index contributed by atoms with van der Waals surface area (Å²) in [7, 11) is 0.